The molecule has 0 bridgehead atoms. The highest BCUT2D eigenvalue weighted by Gasteiger charge is 2.18. The third-order valence-corrected chi connectivity index (χ3v) is 5.74. The average Bonchev–Trinajstić information content (AvgIpc) is 3.56. The number of H-pyrrole nitrogens is 2. The molecule has 0 spiro atoms. The summed E-state index contributed by atoms with van der Waals surface area (Å²) in [5.41, 5.74) is 6.24. The highest BCUT2D eigenvalue weighted by Crippen LogP contribution is 2.33. The fourth-order valence-corrected chi connectivity index (χ4v) is 4.22. The van der Waals surface area contributed by atoms with Crippen LogP contribution in [0.5, 0.6) is 0 Å². The smallest absolute Gasteiger partial charge is 0.180 e. The number of anilines is 1. The number of hydrogen-bond donors (Lipinski definition) is 3. The summed E-state index contributed by atoms with van der Waals surface area (Å²) >= 11 is 0. The molecule has 10 heteroatoms. The van der Waals surface area contributed by atoms with E-state index in [1.807, 2.05) is 35.9 Å². The second kappa shape index (κ2) is 8.01. The van der Waals surface area contributed by atoms with E-state index in [-0.39, 0.29) is 11.6 Å². The van der Waals surface area contributed by atoms with E-state index < -0.39 is 5.82 Å². The van der Waals surface area contributed by atoms with Crippen LogP contribution in [0.1, 0.15) is 19.5 Å². The Kier molecular flexibility index (Phi) is 4.80. The van der Waals surface area contributed by atoms with Crippen LogP contribution in [0.4, 0.5) is 10.1 Å². The molecule has 5 aromatic heterocycles. The van der Waals surface area contributed by atoms with E-state index in [2.05, 4.69) is 54.3 Å². The first-order chi connectivity index (χ1) is 17.0. The van der Waals surface area contributed by atoms with Gasteiger partial charge in [-0.25, -0.2) is 19.3 Å². The minimum absolute atomic E-state index is 0.243. The maximum atomic E-state index is 15.1. The van der Waals surface area contributed by atoms with Crippen molar-refractivity contribution < 1.29 is 4.39 Å². The molecule has 3 N–H and O–H groups in total. The van der Waals surface area contributed by atoms with E-state index >= 15 is 4.39 Å². The molecule has 0 aliphatic carbocycles. The van der Waals surface area contributed by atoms with Crippen molar-refractivity contribution in [2.75, 3.05) is 5.32 Å². The monoisotopic (exact) mass is 467 g/mol. The molecule has 6 rings (SSSR count). The largest absolute Gasteiger partial charge is 0.382 e. The number of fused-ring (bicyclic) bond motifs is 2. The summed E-state index contributed by atoms with van der Waals surface area (Å²) in [5, 5.41) is 11.1. The lowest BCUT2D eigenvalue weighted by Gasteiger charge is -2.11. The van der Waals surface area contributed by atoms with E-state index in [0.717, 1.165) is 28.1 Å². The third-order valence-electron chi connectivity index (χ3n) is 5.74. The minimum atomic E-state index is -0.425. The zero-order valence-corrected chi connectivity index (χ0v) is 19.3. The molecule has 1 aromatic carbocycles. The molecule has 35 heavy (non-hydrogen) atoms. The lowest BCUT2D eigenvalue weighted by molar-refractivity contribution is 0.636. The fourth-order valence-electron chi connectivity index (χ4n) is 4.22. The summed E-state index contributed by atoms with van der Waals surface area (Å²) < 4.78 is 17.0. The normalized spacial score (nSPS) is 11.7. The number of aromatic nitrogens is 8. The molecule has 5 heterocycles. The Hall–Kier alpha value is -4.60. The molecule has 0 aliphatic heterocycles. The fraction of sp³-hybridized carbons (Fsp3) is 0.160. The van der Waals surface area contributed by atoms with Crippen molar-refractivity contribution in [3.63, 3.8) is 0 Å². The second-order valence-electron chi connectivity index (χ2n) is 8.75. The van der Waals surface area contributed by atoms with E-state index in [1.165, 1.54) is 6.07 Å². The SMILES string of the molecule is Cc1cn(-c2ccnc3nc(-c4[nH]nc5c(F)cc(-c6cncc(NC(C)C)c6)cc45)[nH]c23)cn1. The van der Waals surface area contributed by atoms with Crippen molar-refractivity contribution >= 4 is 27.8 Å². The molecule has 0 aliphatic rings. The minimum Gasteiger partial charge on any atom is -0.382 e. The van der Waals surface area contributed by atoms with Gasteiger partial charge in [-0.2, -0.15) is 5.10 Å². The Labute approximate surface area is 199 Å². The number of nitrogens with one attached hydrogen (secondary N) is 3. The maximum absolute atomic E-state index is 15.1. The van der Waals surface area contributed by atoms with Crippen LogP contribution >= 0.6 is 0 Å². The molecule has 0 unspecified atom stereocenters. The van der Waals surface area contributed by atoms with Crippen LogP contribution in [-0.2, 0) is 0 Å². The van der Waals surface area contributed by atoms with Gasteiger partial charge >= 0.3 is 0 Å². The maximum Gasteiger partial charge on any atom is 0.180 e. The average molecular weight is 468 g/mol. The molecule has 0 amide bonds. The topological polar surface area (TPSA) is 113 Å². The number of nitrogens with zero attached hydrogens (tertiary/aromatic N) is 6. The zero-order valence-electron chi connectivity index (χ0n) is 19.3. The highest BCUT2D eigenvalue weighted by atomic mass is 19.1. The van der Waals surface area contributed by atoms with E-state index in [0.29, 0.717) is 28.1 Å². The molecule has 0 saturated carbocycles. The predicted molar refractivity (Wildman–Crippen MR) is 133 cm³/mol. The van der Waals surface area contributed by atoms with Gasteiger partial charge in [-0.05, 0) is 50.6 Å². The second-order valence-corrected chi connectivity index (χ2v) is 8.75. The van der Waals surface area contributed by atoms with Crippen LogP contribution in [0.2, 0.25) is 0 Å². The van der Waals surface area contributed by atoms with Crippen LogP contribution in [-0.4, -0.2) is 45.7 Å². The van der Waals surface area contributed by atoms with Crippen LogP contribution in [0.3, 0.4) is 0 Å². The molecular formula is C25H22FN9. The van der Waals surface area contributed by atoms with Gasteiger partial charge in [0.2, 0.25) is 0 Å². The number of imidazole rings is 2. The Bertz CT molecular complexity index is 1690. The Morgan fingerprint density at radius 3 is 2.77 bits per heavy atom. The van der Waals surface area contributed by atoms with Gasteiger partial charge in [-0.1, -0.05) is 0 Å². The number of benzene rings is 1. The molecule has 0 saturated heterocycles. The molecular weight excluding hydrogens is 445 g/mol. The summed E-state index contributed by atoms with van der Waals surface area (Å²) in [6.45, 7) is 6.04. The Balaban J connectivity index is 1.48. The van der Waals surface area contributed by atoms with E-state index in [1.54, 1.807) is 24.9 Å². The van der Waals surface area contributed by atoms with Gasteiger partial charge in [-0.3, -0.25) is 10.1 Å². The number of hydrogen-bond acceptors (Lipinski definition) is 6. The van der Waals surface area contributed by atoms with Crippen molar-refractivity contribution in [2.45, 2.75) is 26.8 Å². The Morgan fingerprint density at radius 1 is 1.09 bits per heavy atom. The van der Waals surface area contributed by atoms with Gasteiger partial charge in [0.1, 0.15) is 16.7 Å². The van der Waals surface area contributed by atoms with Gasteiger partial charge in [0, 0.05) is 41.8 Å². The van der Waals surface area contributed by atoms with Crippen molar-refractivity contribution in [3.8, 4) is 28.3 Å². The predicted octanol–water partition coefficient (Wildman–Crippen LogP) is 5.02. The number of aryl methyl sites for hydroxylation is 1. The van der Waals surface area contributed by atoms with Crippen molar-refractivity contribution in [3.05, 3.63) is 66.9 Å². The molecule has 6 aromatic rings. The van der Waals surface area contributed by atoms with Crippen LogP contribution in [0, 0.1) is 12.7 Å². The summed E-state index contributed by atoms with van der Waals surface area (Å²) in [4.78, 5) is 21.0. The number of pyridine rings is 2. The van der Waals surface area contributed by atoms with E-state index in [9.17, 15) is 0 Å². The first-order valence-electron chi connectivity index (χ1n) is 11.2. The third kappa shape index (κ3) is 3.68. The molecule has 174 valence electrons. The van der Waals surface area contributed by atoms with Gasteiger partial charge in [-0.15, -0.1) is 0 Å². The number of aromatic amines is 2. The van der Waals surface area contributed by atoms with Gasteiger partial charge in [0.15, 0.2) is 17.3 Å². The summed E-state index contributed by atoms with van der Waals surface area (Å²) in [6.07, 6.45) is 8.84. The molecule has 0 radical (unpaired) electrons. The van der Waals surface area contributed by atoms with Gasteiger partial charge in [0.25, 0.3) is 0 Å². The van der Waals surface area contributed by atoms with Crippen LogP contribution in [0.25, 0.3) is 50.4 Å². The molecule has 0 atom stereocenters. The Morgan fingerprint density at radius 2 is 1.97 bits per heavy atom. The zero-order chi connectivity index (χ0) is 24.1. The molecule has 0 fully saturated rings. The van der Waals surface area contributed by atoms with E-state index in [4.69, 9.17) is 0 Å². The standard InChI is InChI=1S/C25H22FN9/c1-13(2)30-17-6-16(9-27-10-17)15-7-18-21(19(26)8-15)33-34-22(18)25-31-23-20(4-5-28-24(23)32-25)35-11-14(3)29-12-35/h4-13,30H,1-3H3,(H,33,34)(H,28,31,32). The number of rotatable bonds is 5. The van der Waals surface area contributed by atoms with Gasteiger partial charge < -0.3 is 14.9 Å². The summed E-state index contributed by atoms with van der Waals surface area (Å²) in [6, 6.07) is 7.47. The van der Waals surface area contributed by atoms with Crippen molar-refractivity contribution in [1.82, 2.24) is 39.7 Å². The first-order valence-corrected chi connectivity index (χ1v) is 11.2. The summed E-state index contributed by atoms with van der Waals surface area (Å²) in [7, 11) is 0. The van der Waals surface area contributed by atoms with Crippen molar-refractivity contribution in [2.24, 2.45) is 0 Å². The number of halogens is 1. The molecule has 9 nitrogen and oxygen atoms in total. The first kappa shape index (κ1) is 21.0. The van der Waals surface area contributed by atoms with Crippen molar-refractivity contribution in [1.29, 1.82) is 0 Å². The van der Waals surface area contributed by atoms with Crippen LogP contribution < -0.4 is 5.32 Å². The summed E-state index contributed by atoms with van der Waals surface area (Å²) in [5.74, 6) is 0.0928. The van der Waals surface area contributed by atoms with Crippen LogP contribution in [0.15, 0.2) is 55.4 Å². The lowest BCUT2D eigenvalue weighted by atomic mass is 10.0. The lowest BCUT2D eigenvalue weighted by Crippen LogP contribution is -2.09. The van der Waals surface area contributed by atoms with Gasteiger partial charge in [0.05, 0.1) is 23.4 Å². The quantitative estimate of drug-likeness (QED) is 0.328. The highest BCUT2D eigenvalue weighted by molar-refractivity contribution is 5.96.